The lowest BCUT2D eigenvalue weighted by molar-refractivity contribution is -0.382. The molecule has 23 N–H and O–H groups in total. The third kappa shape index (κ3) is 14.7. The first-order valence-electron chi connectivity index (χ1n) is 26.6. The Morgan fingerprint density at radius 1 is 0.310 bits per heavy atom. The Balaban J connectivity index is 1.03. The molecule has 0 aromatic heterocycles. The van der Waals surface area contributed by atoms with Gasteiger partial charge in [0.05, 0.1) is 46.2 Å². The van der Waals surface area contributed by atoms with Crippen LogP contribution < -0.4 is 10.6 Å². The molecule has 35 atom stereocenters. The molecule has 488 valence electrons. The average Bonchev–Trinajstić information content (AvgIpc) is 1.61. The second kappa shape index (κ2) is 29.9. The Bertz CT molecular complexity index is 2060. The van der Waals surface area contributed by atoms with E-state index in [1.54, 1.807) is 0 Å². The fraction of sp³-hybridized carbons (Fsp3) is 0.957. The summed E-state index contributed by atoms with van der Waals surface area (Å²) in [6.07, 6.45) is -63.3. The number of carbonyl (C=O) groups excluding carboxylic acids is 2. The van der Waals surface area contributed by atoms with Crippen molar-refractivity contribution in [2.45, 2.75) is 229 Å². The first-order valence-corrected chi connectivity index (χ1v) is 26.6. The topological polar surface area (TPSA) is 603 Å². The molecule has 84 heavy (non-hydrogen) atoms. The predicted octanol–water partition coefficient (Wildman–Crippen LogP) is -16.0. The zero-order chi connectivity index (χ0) is 61.9. The molecular weight excluding hydrogens is 1160 g/mol. The minimum atomic E-state index is -2.24. The Morgan fingerprint density at radius 3 is 0.988 bits per heavy atom. The van der Waals surface area contributed by atoms with Crippen molar-refractivity contribution < 1.29 is 178 Å². The molecule has 7 heterocycles. The highest BCUT2D eigenvalue weighted by molar-refractivity contribution is 5.73. The van der Waals surface area contributed by atoms with Crippen LogP contribution in [0, 0.1) is 0 Å². The molecule has 7 aliphatic heterocycles. The smallest absolute Gasteiger partial charge is 0.217 e. The van der Waals surface area contributed by atoms with Crippen molar-refractivity contribution in [3.63, 3.8) is 0 Å². The van der Waals surface area contributed by atoms with Crippen LogP contribution >= 0.6 is 0 Å². The minimum Gasteiger partial charge on any atom is -0.394 e. The van der Waals surface area contributed by atoms with Crippen molar-refractivity contribution in [2.75, 3.05) is 46.2 Å². The predicted molar refractivity (Wildman–Crippen MR) is 255 cm³/mol. The normalized spacial score (nSPS) is 50.3. The second-order valence-electron chi connectivity index (χ2n) is 21.1. The summed E-state index contributed by atoms with van der Waals surface area (Å²) >= 11 is 0. The molecule has 38 heteroatoms. The van der Waals surface area contributed by atoms with Gasteiger partial charge >= 0.3 is 0 Å². The molecule has 0 aromatic carbocycles. The standard InChI is InChI=1S/C46H78N2O36/c1-10(55)47-19-26(62)35(80-45-33(69)38(23(59)14(5-51)76-45)83-43-30(66)28(64)21(57)12(3-49)74-43)16(7-53)78-41(19)72-9-18-25(61)37(32(68)40(71)73-18)82-42-20(48-11(2)56)27(63)36(17(8-54)79-42)81-46-34(70)39(24(60)15(6-52)77-46)84-44-31(67)29(65)22(58)13(4-50)75-44/h12-46,49-54,57-71H,3-9H2,1-2H3,(H,47,55)(H,48,56)/t12-,13-,14-,15-,16-,17-,18-,19-,20-,21+,22+,23+,24+,25+,26-,27-,28+,29+,30-,31-,32-,33-,34-,35-,36-,37+,38+,39+,40?,41-,42+,43-,44-,45+,46+/m1/s1. The van der Waals surface area contributed by atoms with Gasteiger partial charge in [0, 0.05) is 13.8 Å². The van der Waals surface area contributed by atoms with Crippen molar-refractivity contribution in [3.8, 4) is 0 Å². The monoisotopic (exact) mass is 1230 g/mol. The van der Waals surface area contributed by atoms with Crippen LogP contribution in [0.4, 0.5) is 0 Å². The highest BCUT2D eigenvalue weighted by Crippen LogP contribution is 2.37. The van der Waals surface area contributed by atoms with E-state index in [1.807, 2.05) is 0 Å². The van der Waals surface area contributed by atoms with E-state index in [1.165, 1.54) is 0 Å². The van der Waals surface area contributed by atoms with Crippen LogP contribution in [0.1, 0.15) is 13.8 Å². The van der Waals surface area contributed by atoms with Crippen molar-refractivity contribution in [3.05, 3.63) is 0 Å². The molecule has 2 amide bonds. The average molecular weight is 1240 g/mol. The van der Waals surface area contributed by atoms with Gasteiger partial charge in [0.15, 0.2) is 44.0 Å². The fourth-order valence-electron chi connectivity index (χ4n) is 10.7. The van der Waals surface area contributed by atoms with Gasteiger partial charge in [-0.2, -0.15) is 0 Å². The van der Waals surface area contributed by atoms with Crippen molar-refractivity contribution in [2.24, 2.45) is 0 Å². The van der Waals surface area contributed by atoms with E-state index in [4.69, 9.17) is 61.6 Å². The van der Waals surface area contributed by atoms with E-state index in [0.29, 0.717) is 0 Å². The Hall–Kier alpha value is -2.42. The van der Waals surface area contributed by atoms with Gasteiger partial charge in [-0.3, -0.25) is 9.59 Å². The number of nitrogens with one attached hydrogen (secondary N) is 2. The second-order valence-corrected chi connectivity index (χ2v) is 21.1. The molecule has 1 unspecified atom stereocenters. The summed E-state index contributed by atoms with van der Waals surface area (Å²) in [5, 5.41) is 229. The summed E-state index contributed by atoms with van der Waals surface area (Å²) in [6.45, 7) is -4.72. The quantitative estimate of drug-likeness (QED) is 0.0507. The van der Waals surface area contributed by atoms with Gasteiger partial charge in [-0.15, -0.1) is 0 Å². The molecule has 7 aliphatic rings. The summed E-state index contributed by atoms with van der Waals surface area (Å²) in [5.41, 5.74) is 0. The van der Waals surface area contributed by atoms with Crippen molar-refractivity contribution in [1.82, 2.24) is 10.6 Å². The van der Waals surface area contributed by atoms with Gasteiger partial charge in [-0.05, 0) is 0 Å². The summed E-state index contributed by atoms with van der Waals surface area (Å²) < 4.78 is 73.6. The third-order valence-electron chi connectivity index (χ3n) is 15.3. The van der Waals surface area contributed by atoms with E-state index in [-0.39, 0.29) is 0 Å². The van der Waals surface area contributed by atoms with E-state index in [2.05, 4.69) is 10.6 Å². The highest BCUT2D eigenvalue weighted by Gasteiger charge is 2.58. The number of rotatable bonds is 21. The lowest BCUT2D eigenvalue weighted by Gasteiger charge is -2.50. The van der Waals surface area contributed by atoms with Crippen LogP contribution in [0.25, 0.3) is 0 Å². The fourth-order valence-corrected chi connectivity index (χ4v) is 10.7. The van der Waals surface area contributed by atoms with Gasteiger partial charge in [0.2, 0.25) is 11.8 Å². The molecular formula is C46H78N2O36. The first-order chi connectivity index (χ1) is 39.7. The number of aliphatic hydroxyl groups is 21. The highest BCUT2D eigenvalue weighted by atomic mass is 16.8. The molecule has 0 aliphatic carbocycles. The largest absolute Gasteiger partial charge is 0.394 e. The lowest BCUT2D eigenvalue weighted by Crippen LogP contribution is -2.70. The molecule has 0 saturated carbocycles. The number of hydrogen-bond acceptors (Lipinski definition) is 36. The first kappa shape index (κ1) is 69.1. The van der Waals surface area contributed by atoms with E-state index >= 15 is 0 Å². The van der Waals surface area contributed by atoms with Gasteiger partial charge in [0.25, 0.3) is 0 Å². The van der Waals surface area contributed by atoms with E-state index < -0.39 is 273 Å². The molecule has 7 rings (SSSR count). The van der Waals surface area contributed by atoms with Crippen LogP contribution in [0.5, 0.6) is 0 Å². The van der Waals surface area contributed by atoms with E-state index in [0.717, 1.165) is 13.8 Å². The number of carbonyl (C=O) groups is 2. The summed E-state index contributed by atoms with van der Waals surface area (Å²) in [4.78, 5) is 25.2. The van der Waals surface area contributed by atoms with Crippen LogP contribution in [0.2, 0.25) is 0 Å². The Morgan fingerprint density at radius 2 is 0.607 bits per heavy atom. The molecule has 38 nitrogen and oxygen atoms in total. The Kier molecular flexibility index (Phi) is 24.6. The molecule has 0 spiro atoms. The van der Waals surface area contributed by atoms with Gasteiger partial charge in [-0.25, -0.2) is 0 Å². The number of amides is 2. The van der Waals surface area contributed by atoms with Crippen LogP contribution in [0.15, 0.2) is 0 Å². The maximum Gasteiger partial charge on any atom is 0.217 e. The minimum absolute atomic E-state index is 0.832. The molecule has 0 radical (unpaired) electrons. The van der Waals surface area contributed by atoms with Crippen LogP contribution in [-0.4, -0.2) is 380 Å². The van der Waals surface area contributed by atoms with Crippen LogP contribution in [0.3, 0.4) is 0 Å². The zero-order valence-electron chi connectivity index (χ0n) is 44.7. The molecule has 7 fully saturated rings. The molecule has 0 bridgehead atoms. The van der Waals surface area contributed by atoms with Crippen LogP contribution in [-0.2, 0) is 71.2 Å². The van der Waals surface area contributed by atoms with Gasteiger partial charge in [-0.1, -0.05) is 0 Å². The van der Waals surface area contributed by atoms with Gasteiger partial charge < -0.3 is 179 Å². The third-order valence-corrected chi connectivity index (χ3v) is 15.3. The number of aliphatic hydroxyl groups excluding tert-OH is 21. The summed E-state index contributed by atoms with van der Waals surface area (Å²) in [7, 11) is 0. The summed E-state index contributed by atoms with van der Waals surface area (Å²) in [6, 6.07) is -3.52. The van der Waals surface area contributed by atoms with E-state index in [9.17, 15) is 117 Å². The maximum absolute atomic E-state index is 12.6. The maximum atomic E-state index is 12.6. The lowest BCUT2D eigenvalue weighted by atomic mass is 9.94. The summed E-state index contributed by atoms with van der Waals surface area (Å²) in [5.74, 6) is -1.71. The molecule has 0 aromatic rings. The van der Waals surface area contributed by atoms with Crippen molar-refractivity contribution in [1.29, 1.82) is 0 Å². The van der Waals surface area contributed by atoms with Crippen molar-refractivity contribution >= 4 is 11.8 Å². The SMILES string of the molecule is CC(=O)N[C@H]1[C@H](OC[C@H]2OC(O)[C@H](O)[C@@H](O[C@@H]3O[C@H](CO)[C@@H](O[C@@H]4O[C@H](CO)[C@H](O)[C@H](O[C@H]5O[C@H](CO)[C@H](O)[C@H](O)[C@H]5O)[C@H]4O)[C@H](O)[C@H]3NC(C)=O)[C@H]2O)O[C@H](CO)[C@@H](O[C@@H]2O[C@H](CO)[C@H](O)[C@H](O[C@H]3O[C@H](CO)[C@H](O)[C@H](O)[C@H]3O)[C@H]2O)[C@@H]1O. The van der Waals surface area contributed by atoms with Gasteiger partial charge in [0.1, 0.15) is 171 Å². The number of hydrogen-bond donors (Lipinski definition) is 23. The Labute approximate surface area is 475 Å². The zero-order valence-corrected chi connectivity index (χ0v) is 44.7. The molecule has 7 saturated heterocycles. The number of ether oxygens (including phenoxy) is 13.